The summed E-state index contributed by atoms with van der Waals surface area (Å²) in [6, 6.07) is 0. The van der Waals surface area contributed by atoms with Crippen LogP contribution in [0.25, 0.3) is 76.8 Å². The van der Waals surface area contributed by atoms with Gasteiger partial charge in [0.15, 0.2) is 103 Å². The van der Waals surface area contributed by atoms with Gasteiger partial charge in [-0.2, -0.15) is 0 Å². The Morgan fingerprint density at radius 2 is 0.200 bits per heavy atom. The highest BCUT2D eigenvalue weighted by Gasteiger charge is 2.41. The minimum absolute atomic E-state index is 1.31. The highest BCUT2D eigenvalue weighted by Crippen LogP contribution is 2.70. The van der Waals surface area contributed by atoms with Crippen LogP contribution in [0.4, 0.5) is 0 Å². The molecule has 0 aliphatic heterocycles. The molecule has 28 nitrogen and oxygen atoms in total. The lowest BCUT2D eigenvalue weighted by Crippen LogP contribution is -1.97. The number of rotatable bonds is 4. The summed E-state index contributed by atoms with van der Waals surface area (Å²) in [6.45, 7) is 0. The van der Waals surface area contributed by atoms with Crippen molar-refractivity contribution in [1.82, 2.24) is 0 Å². The minimum Gasteiger partial charge on any atom is -0.504 e. The van der Waals surface area contributed by atoms with E-state index in [0.29, 0.717) is 0 Å². The maximum atomic E-state index is 11.8. The average Bonchev–Trinajstić information content (AvgIpc) is 3.33. The molecule has 0 amide bonds. The van der Waals surface area contributed by atoms with E-state index < -0.39 is 238 Å². The Morgan fingerprint density at radius 1 is 0.0857 bits per heavy atom. The molecule has 0 saturated heterocycles. The molecule has 0 spiro atoms. The van der Waals surface area contributed by atoms with E-state index >= 15 is 0 Å². The molecule has 0 fully saturated rings. The van der Waals surface area contributed by atoms with Crippen LogP contribution in [0.15, 0.2) is 0 Å². The monoisotopic (exact) mass is 980 g/mol. The molecule has 0 saturated carbocycles. The van der Waals surface area contributed by atoms with Gasteiger partial charge in [0, 0.05) is 43.6 Å². The van der Waals surface area contributed by atoms with Crippen LogP contribution >= 0.6 is 0 Å². The SMILES string of the molecule is Oc1c(O)c(O)c(-c2c(O)c(O)c(-c3c(O)c(O)c(-c4c5c(O)c(O)c(O)c(O)c5c(-c5c(O)c(O)c(O)c6c(O)c(O)c(O)c(O)c56)c5c(O)c(O)c(O)c(O)c45)c(O)c3O)c(O)c2O)c(O)c1O. The third-order valence-corrected chi connectivity index (χ3v) is 11.5. The van der Waals surface area contributed by atoms with Crippen molar-refractivity contribution >= 4 is 32.3 Å². The smallest absolute Gasteiger partial charge is 0.208 e. The molecule has 8 rings (SSSR count). The third-order valence-electron chi connectivity index (χ3n) is 11.5. The van der Waals surface area contributed by atoms with Crippen molar-refractivity contribution in [3.05, 3.63) is 0 Å². The van der Waals surface area contributed by atoms with Gasteiger partial charge in [0.2, 0.25) is 57.5 Å². The van der Waals surface area contributed by atoms with Crippen molar-refractivity contribution in [2.45, 2.75) is 0 Å². The number of hydrogen-bond donors (Lipinski definition) is 28. The van der Waals surface area contributed by atoms with E-state index in [2.05, 4.69) is 0 Å². The van der Waals surface area contributed by atoms with E-state index in [4.69, 9.17) is 0 Å². The van der Waals surface area contributed by atoms with Crippen molar-refractivity contribution in [2.24, 2.45) is 0 Å². The van der Waals surface area contributed by atoms with Crippen LogP contribution in [0.2, 0.25) is 0 Å². The maximum Gasteiger partial charge on any atom is 0.208 e. The summed E-state index contributed by atoms with van der Waals surface area (Å²) in [4.78, 5) is 0. The van der Waals surface area contributed by atoms with Crippen LogP contribution < -0.4 is 0 Å². The lowest BCUT2D eigenvalue weighted by atomic mass is 9.81. The maximum absolute atomic E-state index is 11.8. The van der Waals surface area contributed by atoms with Gasteiger partial charge < -0.3 is 143 Å². The van der Waals surface area contributed by atoms with Gasteiger partial charge in [0.1, 0.15) is 0 Å². The summed E-state index contributed by atoms with van der Waals surface area (Å²) in [6.07, 6.45) is 0. The van der Waals surface area contributed by atoms with E-state index in [0.717, 1.165) is 0 Å². The molecule has 0 bridgehead atoms. The third kappa shape index (κ3) is 5.21. The largest absolute Gasteiger partial charge is 0.504 e. The van der Waals surface area contributed by atoms with Crippen LogP contribution in [0, 0.1) is 0 Å². The Balaban J connectivity index is 1.62. The topological polar surface area (TPSA) is 566 Å². The predicted octanol–water partition coefficient (Wildman–Crippen LogP) is 3.57. The molecule has 0 unspecified atom stereocenters. The lowest BCUT2D eigenvalue weighted by molar-refractivity contribution is 0.329. The first-order chi connectivity index (χ1) is 32.5. The molecule has 364 valence electrons. The molecular weight excluding hydrogens is 952 g/mol. The quantitative estimate of drug-likeness (QED) is 0.0680. The zero-order valence-corrected chi connectivity index (χ0v) is 33.5. The summed E-state index contributed by atoms with van der Waals surface area (Å²) in [5.74, 6) is -49.2. The predicted molar refractivity (Wildman–Crippen MR) is 227 cm³/mol. The molecular formula is C42H28O28. The summed E-state index contributed by atoms with van der Waals surface area (Å²) < 4.78 is 0. The van der Waals surface area contributed by atoms with E-state index in [9.17, 15) is 143 Å². The first-order valence-corrected chi connectivity index (χ1v) is 18.5. The summed E-state index contributed by atoms with van der Waals surface area (Å²) >= 11 is 0. The second-order valence-electron chi connectivity index (χ2n) is 15.0. The van der Waals surface area contributed by atoms with Crippen molar-refractivity contribution in [3.8, 4) is 205 Å². The van der Waals surface area contributed by atoms with Gasteiger partial charge in [0.05, 0.1) is 33.2 Å². The number of fused-ring (bicyclic) bond motifs is 3. The molecule has 28 N–H and O–H groups in total. The van der Waals surface area contributed by atoms with Gasteiger partial charge in [-0.3, -0.25) is 0 Å². The van der Waals surface area contributed by atoms with Crippen LogP contribution in [0.3, 0.4) is 0 Å². The van der Waals surface area contributed by atoms with E-state index in [1.807, 2.05) is 0 Å². The molecule has 8 aromatic carbocycles. The molecule has 0 radical (unpaired) electrons. The van der Waals surface area contributed by atoms with Crippen molar-refractivity contribution in [2.75, 3.05) is 0 Å². The zero-order valence-electron chi connectivity index (χ0n) is 33.5. The van der Waals surface area contributed by atoms with Gasteiger partial charge in [-0.15, -0.1) is 0 Å². The second-order valence-corrected chi connectivity index (χ2v) is 15.0. The van der Waals surface area contributed by atoms with E-state index in [1.54, 1.807) is 0 Å². The van der Waals surface area contributed by atoms with Crippen LogP contribution in [-0.4, -0.2) is 143 Å². The molecule has 0 aliphatic carbocycles. The van der Waals surface area contributed by atoms with Crippen LogP contribution in [0.5, 0.6) is 161 Å². The Bertz CT molecular complexity index is 3620. The summed E-state index contributed by atoms with van der Waals surface area (Å²) in [5.41, 5.74) is -12.1. The number of phenolic OH excluding ortho intramolecular Hbond substituents is 28. The van der Waals surface area contributed by atoms with Crippen LogP contribution in [0.1, 0.15) is 0 Å². The molecule has 8 aromatic rings. The fourth-order valence-electron chi connectivity index (χ4n) is 8.27. The van der Waals surface area contributed by atoms with Gasteiger partial charge in [0.25, 0.3) is 0 Å². The zero-order chi connectivity index (χ0) is 52.2. The number of phenols is 28. The van der Waals surface area contributed by atoms with E-state index in [-0.39, 0.29) is 0 Å². The second kappa shape index (κ2) is 14.2. The van der Waals surface area contributed by atoms with Crippen molar-refractivity contribution in [1.29, 1.82) is 0 Å². The highest BCUT2D eigenvalue weighted by molar-refractivity contribution is 6.32. The standard InChI is InChI=1S/C42H28O28/c43-15-5(8-10(29(57)33(15)61)30(58)39(67)38(66)20(8)48)1-3-6(18(46)36(64)34(62)16(3)44)2(7-4(1)17(45)35(63)37(65)19(7)47)9-21(49)23(51)11(24(52)22(9)50)12-25(53)27(55)13(28(56)26(12)54)14-31(59)40(68)42(70)41(69)32(14)60/h43-70H. The number of hydrogen-bond acceptors (Lipinski definition) is 28. The number of benzene rings is 8. The first-order valence-electron chi connectivity index (χ1n) is 18.5. The van der Waals surface area contributed by atoms with Crippen LogP contribution in [-0.2, 0) is 0 Å². The van der Waals surface area contributed by atoms with Gasteiger partial charge in [-0.05, 0) is 0 Å². The molecule has 0 atom stereocenters. The minimum atomic E-state index is -1.96. The van der Waals surface area contributed by atoms with Gasteiger partial charge in [-0.1, -0.05) is 0 Å². The highest BCUT2D eigenvalue weighted by atomic mass is 16.4. The van der Waals surface area contributed by atoms with Gasteiger partial charge in [-0.25, -0.2) is 0 Å². The average molecular weight is 981 g/mol. The normalized spacial score (nSPS) is 11.6. The molecule has 28 heteroatoms. The lowest BCUT2D eigenvalue weighted by Gasteiger charge is -2.25. The van der Waals surface area contributed by atoms with Gasteiger partial charge >= 0.3 is 0 Å². The Hall–Kier alpha value is -11.1. The molecule has 0 aliphatic rings. The first kappa shape index (κ1) is 45.5. The summed E-state index contributed by atoms with van der Waals surface area (Å²) in [5, 5.41) is 299. The fourth-order valence-corrected chi connectivity index (χ4v) is 8.27. The molecule has 0 heterocycles. The number of aromatic hydroxyl groups is 28. The fraction of sp³-hybridized carbons (Fsp3) is 0. The Labute approximate surface area is 380 Å². The molecule has 70 heavy (non-hydrogen) atoms. The Kier molecular flexibility index (Phi) is 9.24. The van der Waals surface area contributed by atoms with Crippen molar-refractivity contribution in [3.63, 3.8) is 0 Å². The molecule has 0 aromatic heterocycles. The summed E-state index contributed by atoms with van der Waals surface area (Å²) in [7, 11) is 0. The van der Waals surface area contributed by atoms with Crippen molar-refractivity contribution < 1.29 is 143 Å². The Morgan fingerprint density at radius 3 is 0.443 bits per heavy atom. The van der Waals surface area contributed by atoms with E-state index in [1.165, 1.54) is 0 Å².